The molecule has 1 aromatic rings. The molecule has 28 heavy (non-hydrogen) atoms. The second-order valence-electron chi connectivity index (χ2n) is 8.75. The normalized spacial score (nSPS) is 19.5. The topological polar surface area (TPSA) is 18.5 Å². The predicted octanol–water partition coefficient (Wildman–Crippen LogP) is 8.19. The maximum absolute atomic E-state index is 5.94. The van der Waals surface area contributed by atoms with E-state index in [1.807, 2.05) is 24.3 Å². The first-order valence-corrected chi connectivity index (χ1v) is 12.2. The monoisotopic (exact) mass is 388 g/mol. The highest BCUT2D eigenvalue weighted by molar-refractivity contribution is 5.31. The van der Waals surface area contributed by atoms with Crippen molar-refractivity contribution in [1.82, 2.24) is 0 Å². The molecule has 0 heterocycles. The van der Waals surface area contributed by atoms with Gasteiger partial charge in [0.05, 0.1) is 13.2 Å². The molecule has 0 N–H and O–H groups in total. The average Bonchev–Trinajstić information content (AvgIpc) is 2.73. The third-order valence-corrected chi connectivity index (χ3v) is 6.30. The molecule has 1 saturated carbocycles. The van der Waals surface area contributed by atoms with Crippen molar-refractivity contribution < 1.29 is 9.47 Å². The van der Waals surface area contributed by atoms with Crippen LogP contribution in [0.15, 0.2) is 24.3 Å². The second kappa shape index (κ2) is 14.8. The van der Waals surface area contributed by atoms with Crippen molar-refractivity contribution in [2.45, 2.75) is 104 Å². The first-order valence-electron chi connectivity index (χ1n) is 12.2. The Hall–Kier alpha value is -1.18. The zero-order valence-corrected chi connectivity index (χ0v) is 18.6. The number of hydrogen-bond donors (Lipinski definition) is 0. The Bertz CT molecular complexity index is 474. The zero-order chi connectivity index (χ0) is 19.9. The molecular formula is C26H44O2. The highest BCUT2D eigenvalue weighted by atomic mass is 16.5. The summed E-state index contributed by atoms with van der Waals surface area (Å²) in [5, 5.41) is 0. The molecule has 0 saturated heterocycles. The van der Waals surface area contributed by atoms with Gasteiger partial charge in [-0.05, 0) is 55.4 Å². The SMILES string of the molecule is CCCCCCOc1ccc(OCCCC2CCC(CCCCC)CC2)cc1. The van der Waals surface area contributed by atoms with E-state index in [1.54, 1.807) is 0 Å². The fraction of sp³-hybridized carbons (Fsp3) is 0.769. The highest BCUT2D eigenvalue weighted by Crippen LogP contribution is 2.34. The molecule has 0 aliphatic heterocycles. The summed E-state index contributed by atoms with van der Waals surface area (Å²) in [5.74, 6) is 3.89. The first-order chi connectivity index (χ1) is 13.8. The van der Waals surface area contributed by atoms with Gasteiger partial charge in [0.25, 0.3) is 0 Å². The van der Waals surface area contributed by atoms with Gasteiger partial charge in [-0.3, -0.25) is 0 Å². The van der Waals surface area contributed by atoms with Gasteiger partial charge in [-0.25, -0.2) is 0 Å². The smallest absolute Gasteiger partial charge is 0.119 e. The Kier molecular flexibility index (Phi) is 12.2. The lowest BCUT2D eigenvalue weighted by Gasteiger charge is -2.28. The Labute approximate surface area is 174 Å². The van der Waals surface area contributed by atoms with E-state index in [-0.39, 0.29) is 0 Å². The van der Waals surface area contributed by atoms with E-state index in [2.05, 4.69) is 13.8 Å². The molecular weight excluding hydrogens is 344 g/mol. The van der Waals surface area contributed by atoms with E-state index >= 15 is 0 Å². The van der Waals surface area contributed by atoms with Crippen LogP contribution in [0.5, 0.6) is 11.5 Å². The molecule has 0 atom stereocenters. The van der Waals surface area contributed by atoms with E-state index in [0.29, 0.717) is 0 Å². The Morgan fingerprint density at radius 3 is 1.61 bits per heavy atom. The summed E-state index contributed by atoms with van der Waals surface area (Å²) in [6.07, 6.45) is 19.0. The van der Waals surface area contributed by atoms with Gasteiger partial charge in [-0.15, -0.1) is 0 Å². The molecule has 2 rings (SSSR count). The predicted molar refractivity (Wildman–Crippen MR) is 120 cm³/mol. The highest BCUT2D eigenvalue weighted by Gasteiger charge is 2.20. The fourth-order valence-corrected chi connectivity index (χ4v) is 4.40. The maximum atomic E-state index is 5.94. The quantitative estimate of drug-likeness (QED) is 0.282. The third-order valence-electron chi connectivity index (χ3n) is 6.30. The van der Waals surface area contributed by atoms with Crippen LogP contribution in [0.3, 0.4) is 0 Å². The van der Waals surface area contributed by atoms with Crippen molar-refractivity contribution in [2.75, 3.05) is 13.2 Å². The first kappa shape index (κ1) is 23.1. The lowest BCUT2D eigenvalue weighted by Crippen LogP contribution is -2.15. The standard InChI is InChI=1S/C26H44O2/c1-3-5-7-9-21-27-25-17-19-26(20-18-25)28-22-10-12-24-15-13-23(14-16-24)11-8-6-4-2/h17-20,23-24H,3-16,21-22H2,1-2H3. The van der Waals surface area contributed by atoms with Crippen LogP contribution in [0.1, 0.15) is 104 Å². The van der Waals surface area contributed by atoms with Crippen LogP contribution in [0.2, 0.25) is 0 Å². The van der Waals surface area contributed by atoms with Gasteiger partial charge < -0.3 is 9.47 Å². The van der Waals surface area contributed by atoms with E-state index < -0.39 is 0 Å². The van der Waals surface area contributed by atoms with Gasteiger partial charge in [0.2, 0.25) is 0 Å². The Balaban J connectivity index is 1.50. The van der Waals surface area contributed by atoms with Crippen LogP contribution in [-0.2, 0) is 0 Å². The van der Waals surface area contributed by atoms with Crippen molar-refractivity contribution in [3.05, 3.63) is 24.3 Å². The third kappa shape index (κ3) is 9.85. The van der Waals surface area contributed by atoms with Gasteiger partial charge in [0.1, 0.15) is 11.5 Å². The largest absolute Gasteiger partial charge is 0.494 e. The second-order valence-corrected chi connectivity index (χ2v) is 8.75. The van der Waals surface area contributed by atoms with Gasteiger partial charge in [0, 0.05) is 0 Å². The molecule has 0 spiro atoms. The minimum absolute atomic E-state index is 0.820. The number of benzene rings is 1. The number of hydrogen-bond acceptors (Lipinski definition) is 2. The molecule has 1 aliphatic carbocycles. The van der Waals surface area contributed by atoms with E-state index in [9.17, 15) is 0 Å². The Morgan fingerprint density at radius 1 is 0.607 bits per heavy atom. The Morgan fingerprint density at radius 2 is 1.07 bits per heavy atom. The zero-order valence-electron chi connectivity index (χ0n) is 18.6. The molecule has 0 radical (unpaired) electrons. The molecule has 2 nitrogen and oxygen atoms in total. The van der Waals surface area contributed by atoms with E-state index in [0.717, 1.165) is 43.0 Å². The molecule has 0 unspecified atom stereocenters. The molecule has 0 aromatic heterocycles. The van der Waals surface area contributed by atoms with Crippen LogP contribution < -0.4 is 9.47 Å². The molecule has 0 bridgehead atoms. The van der Waals surface area contributed by atoms with Crippen LogP contribution in [0.4, 0.5) is 0 Å². The number of unbranched alkanes of at least 4 members (excludes halogenated alkanes) is 5. The summed E-state index contributed by atoms with van der Waals surface area (Å²) >= 11 is 0. The summed E-state index contributed by atoms with van der Waals surface area (Å²) in [4.78, 5) is 0. The molecule has 1 aliphatic rings. The van der Waals surface area contributed by atoms with Crippen LogP contribution in [0, 0.1) is 11.8 Å². The minimum Gasteiger partial charge on any atom is -0.494 e. The summed E-state index contributed by atoms with van der Waals surface area (Å²) in [6, 6.07) is 8.16. The number of rotatable bonds is 15. The molecule has 0 amide bonds. The van der Waals surface area contributed by atoms with Crippen molar-refractivity contribution >= 4 is 0 Å². The van der Waals surface area contributed by atoms with Crippen LogP contribution in [-0.4, -0.2) is 13.2 Å². The molecule has 1 aromatic carbocycles. The lowest BCUT2D eigenvalue weighted by molar-refractivity contribution is 0.228. The van der Waals surface area contributed by atoms with Crippen molar-refractivity contribution in [3.8, 4) is 11.5 Å². The average molecular weight is 389 g/mol. The van der Waals surface area contributed by atoms with Gasteiger partial charge in [-0.2, -0.15) is 0 Å². The van der Waals surface area contributed by atoms with Gasteiger partial charge in [0.15, 0.2) is 0 Å². The number of ether oxygens (including phenoxy) is 2. The van der Waals surface area contributed by atoms with Crippen LogP contribution >= 0.6 is 0 Å². The van der Waals surface area contributed by atoms with Gasteiger partial charge in [-0.1, -0.05) is 84.5 Å². The lowest BCUT2D eigenvalue weighted by atomic mass is 9.78. The fourth-order valence-electron chi connectivity index (χ4n) is 4.40. The van der Waals surface area contributed by atoms with Gasteiger partial charge >= 0.3 is 0 Å². The van der Waals surface area contributed by atoms with E-state index in [4.69, 9.17) is 9.47 Å². The van der Waals surface area contributed by atoms with Crippen LogP contribution in [0.25, 0.3) is 0 Å². The van der Waals surface area contributed by atoms with Crippen molar-refractivity contribution in [2.24, 2.45) is 11.8 Å². The maximum Gasteiger partial charge on any atom is 0.119 e. The summed E-state index contributed by atoms with van der Waals surface area (Å²) < 4.78 is 11.7. The van der Waals surface area contributed by atoms with Crippen molar-refractivity contribution in [3.63, 3.8) is 0 Å². The van der Waals surface area contributed by atoms with Crippen molar-refractivity contribution in [1.29, 1.82) is 0 Å². The minimum atomic E-state index is 0.820. The summed E-state index contributed by atoms with van der Waals surface area (Å²) in [5.41, 5.74) is 0. The summed E-state index contributed by atoms with van der Waals surface area (Å²) in [7, 11) is 0. The molecule has 1 fully saturated rings. The molecule has 2 heteroatoms. The summed E-state index contributed by atoms with van der Waals surface area (Å²) in [6.45, 7) is 6.20. The van der Waals surface area contributed by atoms with E-state index in [1.165, 1.54) is 83.5 Å². The molecule has 160 valence electrons.